The number of piperidine rings is 1. The van der Waals surface area contributed by atoms with Crippen molar-refractivity contribution in [2.75, 3.05) is 24.5 Å². The summed E-state index contributed by atoms with van der Waals surface area (Å²) in [6, 6.07) is 4.70. The van der Waals surface area contributed by atoms with Crippen LogP contribution in [0.25, 0.3) is 10.2 Å². The van der Waals surface area contributed by atoms with E-state index in [-0.39, 0.29) is 17.6 Å². The summed E-state index contributed by atoms with van der Waals surface area (Å²) in [5, 5.41) is 4.02. The smallest absolute Gasteiger partial charge is 0.224 e. The van der Waals surface area contributed by atoms with Gasteiger partial charge in [-0.1, -0.05) is 23.0 Å². The molecule has 1 atom stereocenters. The van der Waals surface area contributed by atoms with Crippen molar-refractivity contribution >= 4 is 32.6 Å². The first kappa shape index (κ1) is 18.4. The summed E-state index contributed by atoms with van der Waals surface area (Å²) in [5.41, 5.74) is 2.32. The number of carbonyl (C=O) groups is 1. The van der Waals surface area contributed by atoms with Crippen LogP contribution in [0.4, 0.5) is 9.52 Å². The van der Waals surface area contributed by atoms with Crippen LogP contribution >= 0.6 is 11.3 Å². The van der Waals surface area contributed by atoms with Crippen LogP contribution in [0.2, 0.25) is 0 Å². The molecule has 1 aliphatic heterocycles. The lowest BCUT2D eigenvalue weighted by atomic mass is 9.96. The maximum Gasteiger partial charge on any atom is 0.224 e. The Morgan fingerprint density at radius 2 is 2.26 bits per heavy atom. The number of hydrogen-bond donors (Lipinski definition) is 1. The summed E-state index contributed by atoms with van der Waals surface area (Å²) >= 11 is 1.50. The number of carbonyl (C=O) groups excluding carboxylic acids is 1. The molecule has 2 heterocycles. The predicted molar refractivity (Wildman–Crippen MR) is 109 cm³/mol. The molecule has 1 aromatic carbocycles. The fraction of sp³-hybridized carbons (Fsp3) is 0.524. The first-order valence-corrected chi connectivity index (χ1v) is 10.8. The molecule has 1 fully saturated rings. The van der Waals surface area contributed by atoms with Gasteiger partial charge < -0.3 is 10.2 Å². The molecule has 0 bridgehead atoms. The van der Waals surface area contributed by atoms with Gasteiger partial charge in [-0.05, 0) is 63.1 Å². The first-order valence-electron chi connectivity index (χ1n) is 9.96. The van der Waals surface area contributed by atoms with Gasteiger partial charge in [0.2, 0.25) is 5.91 Å². The van der Waals surface area contributed by atoms with E-state index in [1.54, 1.807) is 6.07 Å². The Morgan fingerprint density at radius 1 is 1.33 bits per heavy atom. The van der Waals surface area contributed by atoms with Crippen LogP contribution in [-0.2, 0) is 4.79 Å². The Hall–Kier alpha value is -1.95. The molecule has 2 aliphatic rings. The Morgan fingerprint density at radius 3 is 3.11 bits per heavy atom. The van der Waals surface area contributed by atoms with Crippen molar-refractivity contribution in [3.8, 4) is 0 Å². The average Bonchev–Trinajstić information content (AvgIpc) is 3.12. The van der Waals surface area contributed by atoms with Gasteiger partial charge in [0.15, 0.2) is 5.13 Å². The summed E-state index contributed by atoms with van der Waals surface area (Å²) in [5.74, 6) is -0.0761. The number of amides is 1. The highest BCUT2D eigenvalue weighted by atomic mass is 32.1. The molecule has 6 heteroatoms. The molecule has 1 N–H and O–H groups in total. The third-order valence-corrected chi connectivity index (χ3v) is 6.61. The summed E-state index contributed by atoms with van der Waals surface area (Å²) in [6.45, 7) is 2.33. The number of anilines is 1. The van der Waals surface area contributed by atoms with E-state index in [4.69, 9.17) is 0 Å². The van der Waals surface area contributed by atoms with Crippen LogP contribution < -0.4 is 10.2 Å². The minimum absolute atomic E-state index is 0.00262. The lowest BCUT2D eigenvalue weighted by molar-refractivity contribution is -0.125. The average molecular weight is 388 g/mol. The van der Waals surface area contributed by atoms with Gasteiger partial charge in [-0.25, -0.2) is 9.37 Å². The molecule has 0 radical (unpaired) electrons. The van der Waals surface area contributed by atoms with Gasteiger partial charge in [0.05, 0.1) is 16.1 Å². The van der Waals surface area contributed by atoms with Crippen molar-refractivity contribution in [3.05, 3.63) is 35.7 Å². The maximum absolute atomic E-state index is 13.4. The molecule has 0 saturated carbocycles. The largest absolute Gasteiger partial charge is 0.355 e. The number of halogens is 1. The third-order valence-electron chi connectivity index (χ3n) is 5.53. The molecule has 1 amide bonds. The molecular formula is C21H26FN3OS. The van der Waals surface area contributed by atoms with E-state index in [0.717, 1.165) is 47.7 Å². The van der Waals surface area contributed by atoms with Crippen LogP contribution in [0, 0.1) is 11.7 Å². The van der Waals surface area contributed by atoms with Crippen molar-refractivity contribution in [2.45, 2.75) is 44.9 Å². The zero-order valence-corrected chi connectivity index (χ0v) is 16.4. The zero-order chi connectivity index (χ0) is 18.6. The number of benzene rings is 1. The second-order valence-electron chi connectivity index (χ2n) is 7.54. The van der Waals surface area contributed by atoms with E-state index in [1.165, 1.54) is 54.7 Å². The quantitative estimate of drug-likeness (QED) is 0.759. The van der Waals surface area contributed by atoms with E-state index in [2.05, 4.69) is 21.3 Å². The highest BCUT2D eigenvalue weighted by Crippen LogP contribution is 2.32. The summed E-state index contributed by atoms with van der Waals surface area (Å²) in [6.07, 6.45) is 10.2. The van der Waals surface area contributed by atoms with E-state index < -0.39 is 0 Å². The fourth-order valence-electron chi connectivity index (χ4n) is 4.01. The van der Waals surface area contributed by atoms with E-state index in [0.29, 0.717) is 6.54 Å². The fourth-order valence-corrected chi connectivity index (χ4v) is 5.03. The molecule has 1 saturated heterocycles. The zero-order valence-electron chi connectivity index (χ0n) is 15.5. The standard InChI is InChI=1S/C21H26FN3OS/c22-17-8-9-18-19(13-17)27-21(24-18)25-12-4-7-16(14-25)20(26)23-11-10-15-5-2-1-3-6-15/h5,8-9,13,16H,1-4,6-7,10-12,14H2,(H,23,26). The molecule has 4 rings (SSSR count). The predicted octanol–water partition coefficient (Wildman–Crippen LogP) is 4.66. The number of aromatic nitrogens is 1. The van der Waals surface area contributed by atoms with Gasteiger partial charge in [-0.3, -0.25) is 4.79 Å². The maximum atomic E-state index is 13.4. The second-order valence-corrected chi connectivity index (χ2v) is 8.55. The number of fused-ring (bicyclic) bond motifs is 1. The Bertz CT molecular complexity index is 847. The topological polar surface area (TPSA) is 45.2 Å². The SMILES string of the molecule is O=C(NCCC1=CCCCC1)C1CCCN(c2nc3ccc(F)cc3s2)C1. The van der Waals surface area contributed by atoms with Crippen LogP contribution in [0.1, 0.15) is 44.9 Å². The van der Waals surface area contributed by atoms with Crippen molar-refractivity contribution in [1.29, 1.82) is 0 Å². The van der Waals surface area contributed by atoms with Crippen molar-refractivity contribution in [3.63, 3.8) is 0 Å². The van der Waals surface area contributed by atoms with Crippen molar-refractivity contribution in [2.24, 2.45) is 5.92 Å². The van der Waals surface area contributed by atoms with Crippen molar-refractivity contribution in [1.82, 2.24) is 10.3 Å². The molecule has 144 valence electrons. The number of rotatable bonds is 5. The Labute approximate surface area is 163 Å². The highest BCUT2D eigenvalue weighted by Gasteiger charge is 2.27. The van der Waals surface area contributed by atoms with Crippen LogP contribution in [0.5, 0.6) is 0 Å². The number of hydrogen-bond acceptors (Lipinski definition) is 4. The second kappa shape index (κ2) is 8.38. The van der Waals surface area contributed by atoms with E-state index in [9.17, 15) is 9.18 Å². The Balaban J connectivity index is 1.34. The van der Waals surface area contributed by atoms with Gasteiger partial charge >= 0.3 is 0 Å². The molecule has 0 spiro atoms. The minimum atomic E-state index is -0.235. The van der Waals surface area contributed by atoms with Crippen LogP contribution in [0.3, 0.4) is 0 Å². The third kappa shape index (κ3) is 4.49. The minimum Gasteiger partial charge on any atom is -0.355 e. The number of nitrogens with one attached hydrogen (secondary N) is 1. The molecule has 1 aromatic heterocycles. The molecule has 4 nitrogen and oxygen atoms in total. The van der Waals surface area contributed by atoms with Gasteiger partial charge in [-0.2, -0.15) is 0 Å². The highest BCUT2D eigenvalue weighted by molar-refractivity contribution is 7.22. The van der Waals surface area contributed by atoms with Crippen LogP contribution in [0.15, 0.2) is 29.8 Å². The summed E-state index contributed by atoms with van der Waals surface area (Å²) in [7, 11) is 0. The number of nitrogens with zero attached hydrogens (tertiary/aromatic N) is 2. The summed E-state index contributed by atoms with van der Waals surface area (Å²) in [4.78, 5) is 19.4. The monoisotopic (exact) mass is 387 g/mol. The van der Waals surface area contributed by atoms with E-state index in [1.807, 2.05) is 0 Å². The molecule has 2 aromatic rings. The van der Waals surface area contributed by atoms with Gasteiger partial charge in [0.1, 0.15) is 5.82 Å². The van der Waals surface area contributed by atoms with Crippen molar-refractivity contribution < 1.29 is 9.18 Å². The van der Waals surface area contributed by atoms with Gasteiger partial charge in [0, 0.05) is 19.6 Å². The van der Waals surface area contributed by atoms with Crippen LogP contribution in [-0.4, -0.2) is 30.5 Å². The lowest BCUT2D eigenvalue weighted by Crippen LogP contribution is -2.43. The molecule has 1 aliphatic carbocycles. The number of allylic oxidation sites excluding steroid dienone is 1. The lowest BCUT2D eigenvalue weighted by Gasteiger charge is -2.31. The molecule has 27 heavy (non-hydrogen) atoms. The number of thiazole rings is 1. The van der Waals surface area contributed by atoms with Gasteiger partial charge in [0.25, 0.3) is 0 Å². The Kier molecular flexibility index (Phi) is 5.72. The first-order chi connectivity index (χ1) is 13.2. The van der Waals surface area contributed by atoms with Gasteiger partial charge in [-0.15, -0.1) is 0 Å². The molecule has 1 unspecified atom stereocenters. The normalized spacial score (nSPS) is 20.6. The molecular weight excluding hydrogens is 361 g/mol. The van der Waals surface area contributed by atoms with E-state index >= 15 is 0 Å². The summed E-state index contributed by atoms with van der Waals surface area (Å²) < 4.78 is 14.3.